The number of benzene rings is 3. The lowest BCUT2D eigenvalue weighted by atomic mass is 10.0. The average molecular weight is 583 g/mol. The normalized spacial score (nSPS) is 16.7. The Labute approximate surface area is 256 Å². The standard InChI is InChI=1S/C35H46N6O2/c1-28(42)39-21-23-40(24-22-39)33-15-9-30(10-16-33)26-36-34(25-29-7-5-4-6-8-29)35(43)41-19-17-38(18-20-41)27-31-11-13-32(14-12-31)37(2)3/h4-16,34,36H,17-27H2,1-3H3/t34-/m0/s1. The van der Waals surface area contributed by atoms with Gasteiger partial charge in [-0.25, -0.2) is 0 Å². The number of nitrogens with one attached hydrogen (secondary N) is 1. The maximum absolute atomic E-state index is 13.8. The van der Waals surface area contributed by atoms with Crippen LogP contribution in [0.25, 0.3) is 0 Å². The van der Waals surface area contributed by atoms with Crippen LogP contribution in [0.4, 0.5) is 11.4 Å². The molecule has 0 saturated carbocycles. The van der Waals surface area contributed by atoms with Gasteiger partial charge in [0, 0.05) is 97.8 Å². The maximum atomic E-state index is 13.8. The molecule has 43 heavy (non-hydrogen) atoms. The second kappa shape index (κ2) is 14.5. The van der Waals surface area contributed by atoms with Crippen molar-refractivity contribution in [2.75, 3.05) is 76.3 Å². The minimum absolute atomic E-state index is 0.147. The fourth-order valence-electron chi connectivity index (χ4n) is 5.95. The van der Waals surface area contributed by atoms with Gasteiger partial charge in [0.2, 0.25) is 11.8 Å². The van der Waals surface area contributed by atoms with Crippen molar-refractivity contribution in [3.63, 3.8) is 0 Å². The zero-order chi connectivity index (χ0) is 30.2. The Kier molecular flexibility index (Phi) is 10.3. The smallest absolute Gasteiger partial charge is 0.240 e. The molecular weight excluding hydrogens is 536 g/mol. The molecule has 1 atom stereocenters. The lowest BCUT2D eigenvalue weighted by molar-refractivity contribution is -0.135. The maximum Gasteiger partial charge on any atom is 0.240 e. The van der Waals surface area contributed by atoms with Crippen LogP contribution < -0.4 is 15.1 Å². The highest BCUT2D eigenvalue weighted by Gasteiger charge is 2.28. The van der Waals surface area contributed by atoms with Gasteiger partial charge in [0.25, 0.3) is 0 Å². The summed E-state index contributed by atoms with van der Waals surface area (Å²) in [5.74, 6) is 0.326. The Hall–Kier alpha value is -3.88. The molecule has 228 valence electrons. The zero-order valence-electron chi connectivity index (χ0n) is 25.9. The van der Waals surface area contributed by atoms with E-state index in [4.69, 9.17) is 0 Å². The van der Waals surface area contributed by atoms with Crippen molar-refractivity contribution in [2.45, 2.75) is 32.5 Å². The van der Waals surface area contributed by atoms with Crippen molar-refractivity contribution < 1.29 is 9.59 Å². The van der Waals surface area contributed by atoms with Crippen molar-refractivity contribution in [1.29, 1.82) is 0 Å². The van der Waals surface area contributed by atoms with E-state index in [1.165, 1.54) is 16.9 Å². The molecule has 0 bridgehead atoms. The summed E-state index contributed by atoms with van der Waals surface area (Å²) in [4.78, 5) is 36.3. The Bertz CT molecular complexity index is 1310. The molecule has 3 aromatic rings. The van der Waals surface area contributed by atoms with E-state index in [-0.39, 0.29) is 17.9 Å². The van der Waals surface area contributed by atoms with E-state index in [9.17, 15) is 9.59 Å². The van der Waals surface area contributed by atoms with Crippen LogP contribution in [0.3, 0.4) is 0 Å². The highest BCUT2D eigenvalue weighted by molar-refractivity contribution is 5.82. The van der Waals surface area contributed by atoms with Crippen LogP contribution in [0.2, 0.25) is 0 Å². The second-order valence-electron chi connectivity index (χ2n) is 11.9. The monoisotopic (exact) mass is 582 g/mol. The van der Waals surface area contributed by atoms with Crippen LogP contribution in [0.15, 0.2) is 78.9 Å². The Morgan fingerprint density at radius 1 is 0.721 bits per heavy atom. The van der Waals surface area contributed by atoms with Crippen LogP contribution in [-0.4, -0.2) is 99.0 Å². The van der Waals surface area contributed by atoms with E-state index >= 15 is 0 Å². The first-order valence-electron chi connectivity index (χ1n) is 15.5. The first-order chi connectivity index (χ1) is 20.9. The van der Waals surface area contributed by atoms with Gasteiger partial charge in [0.1, 0.15) is 0 Å². The van der Waals surface area contributed by atoms with Gasteiger partial charge in [-0.1, -0.05) is 54.6 Å². The summed E-state index contributed by atoms with van der Waals surface area (Å²) in [6.45, 7) is 9.64. The minimum Gasteiger partial charge on any atom is -0.378 e. The van der Waals surface area contributed by atoms with Crippen LogP contribution in [0.5, 0.6) is 0 Å². The summed E-state index contributed by atoms with van der Waals surface area (Å²) < 4.78 is 0. The molecule has 0 unspecified atom stereocenters. The molecule has 0 radical (unpaired) electrons. The van der Waals surface area contributed by atoms with Gasteiger partial charge in [0.15, 0.2) is 0 Å². The molecule has 1 N–H and O–H groups in total. The lowest BCUT2D eigenvalue weighted by Crippen LogP contribution is -2.54. The Morgan fingerprint density at radius 3 is 1.93 bits per heavy atom. The molecular formula is C35H46N6O2. The number of carbonyl (C=O) groups excluding carboxylic acids is 2. The third kappa shape index (κ3) is 8.36. The first kappa shape index (κ1) is 30.6. The lowest BCUT2D eigenvalue weighted by Gasteiger charge is -2.37. The van der Waals surface area contributed by atoms with Crippen molar-refractivity contribution in [3.05, 3.63) is 95.6 Å². The van der Waals surface area contributed by atoms with Gasteiger partial charge in [0.05, 0.1) is 6.04 Å². The van der Waals surface area contributed by atoms with Gasteiger partial charge in [-0.2, -0.15) is 0 Å². The van der Waals surface area contributed by atoms with Crippen molar-refractivity contribution >= 4 is 23.2 Å². The first-order valence-corrected chi connectivity index (χ1v) is 15.5. The molecule has 5 rings (SSSR count). The summed E-state index contributed by atoms with van der Waals surface area (Å²) in [5.41, 5.74) is 6.00. The fraction of sp³-hybridized carbons (Fsp3) is 0.429. The second-order valence-corrected chi connectivity index (χ2v) is 11.9. The highest BCUT2D eigenvalue weighted by Crippen LogP contribution is 2.19. The van der Waals surface area contributed by atoms with E-state index in [0.29, 0.717) is 13.0 Å². The number of rotatable bonds is 10. The number of carbonyl (C=O) groups is 2. The van der Waals surface area contributed by atoms with Gasteiger partial charge >= 0.3 is 0 Å². The molecule has 0 spiro atoms. The van der Waals surface area contributed by atoms with Crippen LogP contribution in [-0.2, 0) is 29.1 Å². The van der Waals surface area contributed by atoms with E-state index in [2.05, 4.69) is 94.8 Å². The molecule has 2 amide bonds. The molecule has 2 aliphatic heterocycles. The van der Waals surface area contributed by atoms with Crippen LogP contribution >= 0.6 is 0 Å². The summed E-state index contributed by atoms with van der Waals surface area (Å²) in [6, 6.07) is 27.3. The van der Waals surface area contributed by atoms with E-state index < -0.39 is 0 Å². The third-order valence-corrected chi connectivity index (χ3v) is 8.70. The topological polar surface area (TPSA) is 62.4 Å². The van der Waals surface area contributed by atoms with Gasteiger partial charge in [-0.15, -0.1) is 0 Å². The van der Waals surface area contributed by atoms with Gasteiger partial charge < -0.3 is 24.9 Å². The van der Waals surface area contributed by atoms with Crippen molar-refractivity contribution in [1.82, 2.24) is 20.0 Å². The molecule has 3 aromatic carbocycles. The number of piperazine rings is 2. The van der Waals surface area contributed by atoms with Gasteiger partial charge in [-0.3, -0.25) is 14.5 Å². The van der Waals surface area contributed by atoms with E-state index in [0.717, 1.165) is 70.0 Å². The molecule has 0 aliphatic carbocycles. The number of hydrogen-bond donors (Lipinski definition) is 1. The van der Waals surface area contributed by atoms with E-state index in [1.807, 2.05) is 28.0 Å². The highest BCUT2D eigenvalue weighted by atomic mass is 16.2. The predicted octanol–water partition coefficient (Wildman–Crippen LogP) is 3.47. The number of amides is 2. The molecule has 0 aromatic heterocycles. The summed E-state index contributed by atoms with van der Waals surface area (Å²) in [7, 11) is 4.12. The Morgan fingerprint density at radius 2 is 1.33 bits per heavy atom. The molecule has 2 heterocycles. The molecule has 2 fully saturated rings. The SMILES string of the molecule is CC(=O)N1CCN(c2ccc(CN[C@@H](Cc3ccccc3)C(=O)N3CCN(Cc4ccc(N(C)C)cc4)CC3)cc2)CC1. The van der Waals surface area contributed by atoms with Crippen molar-refractivity contribution in [3.8, 4) is 0 Å². The van der Waals surface area contributed by atoms with Crippen molar-refractivity contribution in [2.24, 2.45) is 0 Å². The molecule has 2 aliphatic rings. The predicted molar refractivity (Wildman–Crippen MR) is 174 cm³/mol. The quantitative estimate of drug-likeness (QED) is 0.395. The summed E-state index contributed by atoms with van der Waals surface area (Å²) in [6.07, 6.45) is 0.663. The number of nitrogens with zero attached hydrogens (tertiary/aromatic N) is 5. The molecule has 8 heteroatoms. The fourth-order valence-corrected chi connectivity index (χ4v) is 5.95. The summed E-state index contributed by atoms with van der Waals surface area (Å²) in [5, 5.41) is 3.60. The van der Waals surface area contributed by atoms with Crippen LogP contribution in [0.1, 0.15) is 23.6 Å². The minimum atomic E-state index is -0.285. The zero-order valence-corrected chi connectivity index (χ0v) is 25.9. The number of hydrogen-bond acceptors (Lipinski definition) is 6. The third-order valence-electron chi connectivity index (χ3n) is 8.70. The Balaban J connectivity index is 1.16. The molecule has 2 saturated heterocycles. The van der Waals surface area contributed by atoms with E-state index in [1.54, 1.807) is 6.92 Å². The number of anilines is 2. The average Bonchev–Trinajstić information content (AvgIpc) is 3.04. The van der Waals surface area contributed by atoms with Crippen LogP contribution in [0, 0.1) is 0 Å². The van der Waals surface area contributed by atoms with Gasteiger partial charge in [-0.05, 0) is 47.4 Å². The largest absolute Gasteiger partial charge is 0.378 e. The molecule has 8 nitrogen and oxygen atoms in total. The summed E-state index contributed by atoms with van der Waals surface area (Å²) >= 11 is 0.